The first-order valence-corrected chi connectivity index (χ1v) is 10.2. The van der Waals surface area contributed by atoms with Crippen LogP contribution in [0.1, 0.15) is 18.8 Å². The third-order valence-electron chi connectivity index (χ3n) is 5.03. The number of nitrogens with one attached hydrogen (secondary N) is 2. The lowest BCUT2D eigenvalue weighted by Gasteiger charge is -2.20. The van der Waals surface area contributed by atoms with E-state index in [4.69, 9.17) is 22.3 Å². The number of H-pyrrole nitrogens is 1. The molecule has 5 aromatic rings. The first-order valence-electron chi connectivity index (χ1n) is 9.83. The lowest BCUT2D eigenvalue weighted by Crippen LogP contribution is -2.28. The number of nitrogen functional groups attached to an aromatic ring is 1. The van der Waals surface area contributed by atoms with E-state index in [0.29, 0.717) is 22.1 Å². The first kappa shape index (κ1) is 20.5. The summed E-state index contributed by atoms with van der Waals surface area (Å²) in [6, 6.07) is 7.91. The number of nitrogens with zero attached hydrogens (tertiary/aromatic N) is 6. The zero-order chi connectivity index (χ0) is 23.1. The Kier molecular flexibility index (Phi) is 4.94. The molecule has 0 bridgehead atoms. The van der Waals surface area contributed by atoms with Gasteiger partial charge >= 0.3 is 0 Å². The number of hydrogen-bond acceptors (Lipinski definition) is 9. The van der Waals surface area contributed by atoms with Gasteiger partial charge in [-0.05, 0) is 31.2 Å². The monoisotopic (exact) mass is 461 g/mol. The summed E-state index contributed by atoms with van der Waals surface area (Å²) in [6.07, 6.45) is 4.39. The molecule has 1 aromatic carbocycles. The molecule has 0 aliphatic carbocycles. The Hall–Kier alpha value is -4.38. The molecular weight excluding hydrogens is 446 g/mol. The van der Waals surface area contributed by atoms with Gasteiger partial charge in [-0.3, -0.25) is 19.1 Å². The number of nitrogens with two attached hydrogens (primary N) is 1. The predicted octanol–water partition coefficient (Wildman–Crippen LogP) is 2.22. The van der Waals surface area contributed by atoms with E-state index in [9.17, 15) is 9.59 Å². The second-order valence-electron chi connectivity index (χ2n) is 7.18. The molecule has 11 nitrogen and oxygen atoms in total. The Morgan fingerprint density at radius 1 is 1.12 bits per heavy atom. The lowest BCUT2D eigenvalue weighted by molar-refractivity contribution is 0.730. The molecule has 164 valence electrons. The van der Waals surface area contributed by atoms with Crippen molar-refractivity contribution in [3.05, 3.63) is 80.6 Å². The average Bonchev–Trinajstić information content (AvgIpc) is 2.79. The average molecular weight is 462 g/mol. The summed E-state index contributed by atoms with van der Waals surface area (Å²) < 4.78 is 1.42. The molecule has 33 heavy (non-hydrogen) atoms. The van der Waals surface area contributed by atoms with Crippen molar-refractivity contribution >= 4 is 45.3 Å². The van der Waals surface area contributed by atoms with Crippen LogP contribution in [0, 0.1) is 0 Å². The zero-order valence-corrected chi connectivity index (χ0v) is 17.9. The highest BCUT2D eigenvalue weighted by atomic mass is 35.5. The van der Waals surface area contributed by atoms with Crippen LogP contribution in [0.4, 0.5) is 11.8 Å². The van der Waals surface area contributed by atoms with Crippen molar-refractivity contribution in [1.29, 1.82) is 0 Å². The van der Waals surface area contributed by atoms with Crippen molar-refractivity contribution < 1.29 is 0 Å². The molecule has 1 atom stereocenters. The highest BCUT2D eigenvalue weighted by Crippen LogP contribution is 2.25. The van der Waals surface area contributed by atoms with E-state index in [-0.39, 0.29) is 33.7 Å². The van der Waals surface area contributed by atoms with Crippen molar-refractivity contribution in [3.63, 3.8) is 0 Å². The van der Waals surface area contributed by atoms with Crippen molar-refractivity contribution in [2.45, 2.75) is 13.0 Å². The Balaban J connectivity index is 1.73. The molecule has 0 spiro atoms. The highest BCUT2D eigenvalue weighted by molar-refractivity contribution is 6.35. The van der Waals surface area contributed by atoms with Gasteiger partial charge in [0.05, 0.1) is 40.2 Å². The van der Waals surface area contributed by atoms with Crippen LogP contribution in [0.3, 0.4) is 0 Å². The Labute approximate surface area is 190 Å². The molecule has 0 unspecified atom stereocenters. The summed E-state index contributed by atoms with van der Waals surface area (Å²) in [6.45, 7) is 1.78. The number of pyridine rings is 1. The third-order valence-corrected chi connectivity index (χ3v) is 5.35. The van der Waals surface area contributed by atoms with Crippen LogP contribution in [-0.4, -0.2) is 34.5 Å². The van der Waals surface area contributed by atoms with Crippen LogP contribution in [0.25, 0.3) is 27.6 Å². The summed E-state index contributed by atoms with van der Waals surface area (Å²) >= 11 is 6.32. The van der Waals surface area contributed by atoms with Crippen LogP contribution < -0.4 is 22.2 Å². The van der Waals surface area contributed by atoms with Crippen molar-refractivity contribution in [1.82, 2.24) is 34.5 Å². The zero-order valence-electron chi connectivity index (χ0n) is 17.2. The number of aromatic nitrogens is 7. The number of halogens is 1. The second kappa shape index (κ2) is 7.95. The van der Waals surface area contributed by atoms with Gasteiger partial charge in [0.1, 0.15) is 17.0 Å². The van der Waals surface area contributed by atoms with Crippen LogP contribution in [0.5, 0.6) is 0 Å². The number of anilines is 2. The van der Waals surface area contributed by atoms with Crippen LogP contribution >= 0.6 is 11.6 Å². The van der Waals surface area contributed by atoms with Gasteiger partial charge in [0.15, 0.2) is 5.65 Å². The molecule has 12 heteroatoms. The quantitative estimate of drug-likeness (QED) is 0.365. The van der Waals surface area contributed by atoms with Crippen molar-refractivity contribution in [2.24, 2.45) is 0 Å². The van der Waals surface area contributed by atoms with Gasteiger partial charge < -0.3 is 16.0 Å². The standard InChI is InChI=1S/C21H16ClN9O2/c1-10(27-17-15-16(29-21(23)30-17)25-9-26-19(15)32)18-28-13-6-2-5-12(22)14(13)20(33)31(18)11-4-3-7-24-8-11/h2-10H,1H3,(H4,23,25,26,27,29,30,32)/t10-/m0/s1. The number of benzene rings is 1. The van der Waals surface area contributed by atoms with Gasteiger partial charge in [-0.15, -0.1) is 0 Å². The van der Waals surface area contributed by atoms with Crippen LogP contribution in [-0.2, 0) is 0 Å². The topological polar surface area (TPSA) is 157 Å². The van der Waals surface area contributed by atoms with E-state index in [1.165, 1.54) is 10.9 Å². The third kappa shape index (κ3) is 3.53. The maximum Gasteiger partial charge on any atom is 0.267 e. The molecule has 4 aromatic heterocycles. The molecule has 4 N–H and O–H groups in total. The fraction of sp³-hybridized carbons (Fsp3) is 0.0952. The highest BCUT2D eigenvalue weighted by Gasteiger charge is 2.21. The Bertz CT molecular complexity index is 1630. The van der Waals surface area contributed by atoms with Gasteiger partial charge in [-0.1, -0.05) is 17.7 Å². The molecule has 5 rings (SSSR count). The number of rotatable bonds is 4. The summed E-state index contributed by atoms with van der Waals surface area (Å²) in [7, 11) is 0. The maximum absolute atomic E-state index is 13.5. The molecule has 0 aliphatic heterocycles. The minimum Gasteiger partial charge on any atom is -0.368 e. The summed E-state index contributed by atoms with van der Waals surface area (Å²) in [4.78, 5) is 49.5. The molecular formula is C21H16ClN9O2. The minimum atomic E-state index is -0.599. The van der Waals surface area contributed by atoms with E-state index in [0.717, 1.165) is 0 Å². The fourth-order valence-electron chi connectivity index (χ4n) is 3.60. The first-order chi connectivity index (χ1) is 15.9. The molecule has 0 fully saturated rings. The normalized spacial score (nSPS) is 12.2. The van der Waals surface area contributed by atoms with E-state index in [1.54, 1.807) is 49.6 Å². The minimum absolute atomic E-state index is 0.0572. The smallest absolute Gasteiger partial charge is 0.267 e. The molecule has 4 heterocycles. The number of aromatic amines is 1. The molecule has 0 aliphatic rings. The van der Waals surface area contributed by atoms with Gasteiger partial charge in [0, 0.05) is 6.20 Å². The molecule has 0 saturated heterocycles. The maximum atomic E-state index is 13.5. The van der Waals surface area contributed by atoms with E-state index in [2.05, 4.69) is 30.2 Å². The van der Waals surface area contributed by atoms with Crippen molar-refractivity contribution in [3.8, 4) is 5.69 Å². The van der Waals surface area contributed by atoms with E-state index >= 15 is 0 Å². The second-order valence-corrected chi connectivity index (χ2v) is 7.59. The Morgan fingerprint density at radius 2 is 1.97 bits per heavy atom. The largest absolute Gasteiger partial charge is 0.368 e. The number of fused-ring (bicyclic) bond motifs is 2. The summed E-state index contributed by atoms with van der Waals surface area (Å²) in [5.74, 6) is 0.462. The van der Waals surface area contributed by atoms with E-state index in [1.807, 2.05) is 0 Å². The van der Waals surface area contributed by atoms with Gasteiger partial charge in [0.25, 0.3) is 11.1 Å². The van der Waals surface area contributed by atoms with Crippen LogP contribution in [0.2, 0.25) is 5.02 Å². The fourth-order valence-corrected chi connectivity index (χ4v) is 3.85. The number of hydrogen-bond donors (Lipinski definition) is 3. The lowest BCUT2D eigenvalue weighted by atomic mass is 10.2. The SMILES string of the molecule is C[C@H](Nc1nc(N)nc2nc[nH]c(=O)c12)c1nc2cccc(Cl)c2c(=O)n1-c1cccnc1. The van der Waals surface area contributed by atoms with Gasteiger partial charge in [-0.25, -0.2) is 9.97 Å². The summed E-state index contributed by atoms with van der Waals surface area (Å²) in [5.41, 5.74) is 6.11. The Morgan fingerprint density at radius 3 is 2.76 bits per heavy atom. The summed E-state index contributed by atoms with van der Waals surface area (Å²) in [5, 5.41) is 3.85. The molecule has 0 saturated carbocycles. The van der Waals surface area contributed by atoms with Crippen molar-refractivity contribution in [2.75, 3.05) is 11.1 Å². The van der Waals surface area contributed by atoms with Gasteiger partial charge in [0.2, 0.25) is 5.95 Å². The van der Waals surface area contributed by atoms with Crippen LogP contribution in [0.15, 0.2) is 58.6 Å². The molecule has 0 amide bonds. The predicted molar refractivity (Wildman–Crippen MR) is 125 cm³/mol. The molecule has 0 radical (unpaired) electrons. The van der Waals surface area contributed by atoms with Gasteiger partial charge in [-0.2, -0.15) is 9.97 Å². The van der Waals surface area contributed by atoms with E-state index < -0.39 is 11.6 Å².